The third-order valence-corrected chi connectivity index (χ3v) is 3.03. The van der Waals surface area contributed by atoms with E-state index in [1.807, 2.05) is 19.1 Å². The van der Waals surface area contributed by atoms with Gasteiger partial charge in [0.15, 0.2) is 11.4 Å². The molecular formula is C12H13BrN2O3. The van der Waals surface area contributed by atoms with Gasteiger partial charge in [-0.3, -0.25) is 4.79 Å². The fourth-order valence-electron chi connectivity index (χ4n) is 1.82. The maximum absolute atomic E-state index is 10.9. The number of nitrogens with zero attached hydrogens (tertiary/aromatic N) is 2. The van der Waals surface area contributed by atoms with Crippen molar-refractivity contribution < 1.29 is 14.4 Å². The molecule has 1 aromatic heterocycles. The third kappa shape index (κ3) is 2.64. The summed E-state index contributed by atoms with van der Waals surface area (Å²) in [5.74, 6) is -0.301. The Balaban J connectivity index is 2.42. The van der Waals surface area contributed by atoms with Crippen molar-refractivity contribution in [1.29, 1.82) is 0 Å². The quantitative estimate of drug-likeness (QED) is 0.919. The topological polar surface area (TPSA) is 66.6 Å². The minimum atomic E-state index is -0.880. The number of rotatable bonds is 5. The summed E-state index contributed by atoms with van der Waals surface area (Å²) in [4.78, 5) is 12.6. The van der Waals surface area contributed by atoms with Crippen LogP contribution >= 0.6 is 15.9 Å². The number of hydrogen-bond acceptors (Lipinski definition) is 4. The number of carboxylic acids is 1. The van der Waals surface area contributed by atoms with Crippen molar-refractivity contribution in [2.24, 2.45) is 0 Å². The number of hydrogen-bond donors (Lipinski definition) is 1. The van der Waals surface area contributed by atoms with E-state index in [4.69, 9.17) is 9.63 Å². The minimum Gasteiger partial charge on any atom is -0.480 e. The van der Waals surface area contributed by atoms with Crippen molar-refractivity contribution in [2.45, 2.75) is 13.3 Å². The largest absolute Gasteiger partial charge is 0.480 e. The van der Waals surface area contributed by atoms with Crippen LogP contribution < -0.4 is 4.90 Å². The molecule has 0 bridgehead atoms. The molecule has 0 fully saturated rings. The zero-order valence-corrected chi connectivity index (χ0v) is 11.5. The molecule has 0 amide bonds. The molecule has 1 aromatic carbocycles. The third-order valence-electron chi connectivity index (χ3n) is 2.53. The molecule has 6 heteroatoms. The van der Waals surface area contributed by atoms with Gasteiger partial charge in [0, 0.05) is 11.0 Å². The average Bonchev–Trinajstić information content (AvgIpc) is 2.70. The highest BCUT2D eigenvalue weighted by Crippen LogP contribution is 2.28. The Bertz CT molecular complexity index is 567. The van der Waals surface area contributed by atoms with Crippen LogP contribution in [0.1, 0.15) is 13.3 Å². The first-order valence-electron chi connectivity index (χ1n) is 5.63. The maximum atomic E-state index is 10.9. The molecule has 0 aliphatic rings. The molecule has 96 valence electrons. The van der Waals surface area contributed by atoms with Crippen LogP contribution in [0.2, 0.25) is 0 Å². The summed E-state index contributed by atoms with van der Waals surface area (Å²) in [6, 6.07) is 5.55. The van der Waals surface area contributed by atoms with E-state index in [2.05, 4.69) is 21.1 Å². The van der Waals surface area contributed by atoms with Crippen LogP contribution in [0, 0.1) is 0 Å². The van der Waals surface area contributed by atoms with Crippen LogP contribution in [0.5, 0.6) is 0 Å². The van der Waals surface area contributed by atoms with Crippen LogP contribution in [0.25, 0.3) is 11.0 Å². The summed E-state index contributed by atoms with van der Waals surface area (Å²) < 4.78 is 6.12. The summed E-state index contributed by atoms with van der Waals surface area (Å²) in [5, 5.41) is 13.7. The van der Waals surface area contributed by atoms with Crippen LogP contribution in [0.3, 0.4) is 0 Å². The number of fused-ring (bicyclic) bond motifs is 1. The second-order valence-corrected chi connectivity index (χ2v) is 4.88. The number of halogens is 1. The van der Waals surface area contributed by atoms with E-state index in [-0.39, 0.29) is 6.54 Å². The first-order valence-corrected chi connectivity index (χ1v) is 6.42. The SMILES string of the molecule is CCCN(CC(=O)O)c1noc2ccc(Br)cc12. The Hall–Kier alpha value is -1.56. The van der Waals surface area contributed by atoms with Crippen LogP contribution in [-0.4, -0.2) is 29.3 Å². The number of anilines is 1. The number of aromatic nitrogens is 1. The van der Waals surface area contributed by atoms with Crippen molar-refractivity contribution in [3.63, 3.8) is 0 Å². The van der Waals surface area contributed by atoms with Crippen molar-refractivity contribution in [1.82, 2.24) is 5.16 Å². The number of carbonyl (C=O) groups is 1. The minimum absolute atomic E-state index is 0.0814. The van der Waals surface area contributed by atoms with Crippen molar-refractivity contribution in [3.05, 3.63) is 22.7 Å². The predicted molar refractivity (Wildman–Crippen MR) is 71.8 cm³/mol. The van der Waals surface area contributed by atoms with Gasteiger partial charge in [0.1, 0.15) is 6.54 Å². The first kappa shape index (κ1) is 12.9. The Labute approximate surface area is 112 Å². The molecule has 18 heavy (non-hydrogen) atoms. The molecule has 0 unspecified atom stereocenters. The van der Waals surface area contributed by atoms with Crippen molar-refractivity contribution in [2.75, 3.05) is 18.0 Å². The molecule has 0 saturated heterocycles. The molecule has 0 aliphatic carbocycles. The van der Waals surface area contributed by atoms with Gasteiger partial charge in [-0.15, -0.1) is 0 Å². The summed E-state index contributed by atoms with van der Waals surface area (Å²) in [5.41, 5.74) is 0.652. The predicted octanol–water partition coefficient (Wildman–Crippen LogP) is 2.89. The van der Waals surface area contributed by atoms with Gasteiger partial charge in [-0.05, 0) is 24.6 Å². The highest BCUT2D eigenvalue weighted by molar-refractivity contribution is 9.10. The molecule has 2 aromatic rings. The summed E-state index contributed by atoms with van der Waals surface area (Å²) in [6.07, 6.45) is 0.843. The summed E-state index contributed by atoms with van der Waals surface area (Å²) in [7, 11) is 0. The van der Waals surface area contributed by atoms with Crippen molar-refractivity contribution >= 4 is 38.7 Å². The number of aliphatic carboxylic acids is 1. The number of carboxylic acid groups (broad SMARTS) is 1. The monoisotopic (exact) mass is 312 g/mol. The Morgan fingerprint density at radius 3 is 3.00 bits per heavy atom. The van der Waals surface area contributed by atoms with Gasteiger partial charge in [0.2, 0.25) is 0 Å². The second-order valence-electron chi connectivity index (χ2n) is 3.96. The molecule has 0 aliphatic heterocycles. The highest BCUT2D eigenvalue weighted by atomic mass is 79.9. The fraction of sp³-hybridized carbons (Fsp3) is 0.333. The summed E-state index contributed by atoms with van der Waals surface area (Å²) >= 11 is 3.39. The molecule has 0 spiro atoms. The Morgan fingerprint density at radius 2 is 2.33 bits per heavy atom. The van der Waals surface area contributed by atoms with Gasteiger partial charge in [-0.25, -0.2) is 0 Å². The van der Waals surface area contributed by atoms with Gasteiger partial charge < -0.3 is 14.5 Å². The maximum Gasteiger partial charge on any atom is 0.323 e. The lowest BCUT2D eigenvalue weighted by Crippen LogP contribution is -2.30. The highest BCUT2D eigenvalue weighted by Gasteiger charge is 2.17. The lowest BCUT2D eigenvalue weighted by Gasteiger charge is -2.18. The first-order chi connectivity index (χ1) is 8.61. The van der Waals surface area contributed by atoms with Gasteiger partial charge in [-0.1, -0.05) is 28.0 Å². The molecule has 0 saturated carbocycles. The Morgan fingerprint density at radius 1 is 1.56 bits per heavy atom. The van der Waals surface area contributed by atoms with Crippen LogP contribution in [0.4, 0.5) is 5.82 Å². The standard InChI is InChI=1S/C12H13BrN2O3/c1-2-5-15(7-11(16)17)12-9-6-8(13)3-4-10(9)18-14-12/h3-4,6H,2,5,7H2,1H3,(H,16,17). The molecule has 0 atom stereocenters. The van der Waals surface area contributed by atoms with E-state index >= 15 is 0 Å². The molecular weight excluding hydrogens is 300 g/mol. The Kier molecular flexibility index (Phi) is 3.86. The molecule has 1 heterocycles. The van der Waals surface area contributed by atoms with Gasteiger partial charge >= 0.3 is 5.97 Å². The summed E-state index contributed by atoms with van der Waals surface area (Å²) in [6.45, 7) is 2.54. The van der Waals surface area contributed by atoms with E-state index in [1.165, 1.54) is 0 Å². The lowest BCUT2D eigenvalue weighted by atomic mass is 10.2. The number of benzene rings is 1. The van der Waals surface area contributed by atoms with Crippen LogP contribution in [0.15, 0.2) is 27.2 Å². The van der Waals surface area contributed by atoms with Gasteiger partial charge in [-0.2, -0.15) is 0 Å². The zero-order chi connectivity index (χ0) is 13.1. The van der Waals surface area contributed by atoms with Crippen molar-refractivity contribution in [3.8, 4) is 0 Å². The van der Waals surface area contributed by atoms with Gasteiger partial charge in [0.25, 0.3) is 0 Å². The van der Waals surface area contributed by atoms with E-state index in [0.717, 1.165) is 16.3 Å². The smallest absolute Gasteiger partial charge is 0.323 e. The molecule has 5 nitrogen and oxygen atoms in total. The zero-order valence-electron chi connectivity index (χ0n) is 9.89. The van der Waals surface area contributed by atoms with E-state index in [1.54, 1.807) is 11.0 Å². The lowest BCUT2D eigenvalue weighted by molar-refractivity contribution is -0.135. The molecule has 1 N–H and O–H groups in total. The molecule has 2 rings (SSSR count). The van der Waals surface area contributed by atoms with E-state index in [0.29, 0.717) is 17.9 Å². The van der Waals surface area contributed by atoms with E-state index in [9.17, 15) is 4.79 Å². The second kappa shape index (κ2) is 5.39. The fourth-order valence-corrected chi connectivity index (χ4v) is 2.18. The average molecular weight is 313 g/mol. The normalized spacial score (nSPS) is 10.8. The molecule has 0 radical (unpaired) electrons. The van der Waals surface area contributed by atoms with E-state index < -0.39 is 5.97 Å². The van der Waals surface area contributed by atoms with Gasteiger partial charge in [0.05, 0.1) is 5.39 Å². The van der Waals surface area contributed by atoms with Crippen LogP contribution in [-0.2, 0) is 4.79 Å².